The summed E-state index contributed by atoms with van der Waals surface area (Å²) in [7, 11) is -2.03. The van der Waals surface area contributed by atoms with Gasteiger partial charge in [-0.2, -0.15) is 0 Å². The van der Waals surface area contributed by atoms with Crippen LogP contribution in [-0.4, -0.2) is 50.7 Å². The number of hydrogen-bond donors (Lipinski definition) is 1. The third kappa shape index (κ3) is 5.58. The van der Waals surface area contributed by atoms with E-state index in [-0.39, 0.29) is 18.9 Å². The number of thioether (sulfide) groups is 1. The van der Waals surface area contributed by atoms with E-state index in [9.17, 15) is 13.2 Å². The van der Waals surface area contributed by atoms with Gasteiger partial charge >= 0.3 is 0 Å². The first kappa shape index (κ1) is 20.5. The van der Waals surface area contributed by atoms with Crippen LogP contribution in [0.3, 0.4) is 0 Å². The van der Waals surface area contributed by atoms with Crippen LogP contribution < -0.4 is 14.4 Å². The number of anilines is 2. The van der Waals surface area contributed by atoms with Gasteiger partial charge in [0.15, 0.2) is 4.34 Å². The van der Waals surface area contributed by atoms with Gasteiger partial charge in [0.2, 0.25) is 21.1 Å². The summed E-state index contributed by atoms with van der Waals surface area (Å²) >= 11 is 2.74. The van der Waals surface area contributed by atoms with Crippen molar-refractivity contribution in [3.8, 4) is 5.75 Å². The van der Waals surface area contributed by atoms with Crippen molar-refractivity contribution in [1.82, 2.24) is 10.2 Å². The number of sulfonamides is 1. The molecule has 1 aromatic carbocycles. The molecule has 11 heteroatoms. The molecule has 1 heterocycles. The number of methoxy groups -OCH3 is 1. The summed E-state index contributed by atoms with van der Waals surface area (Å²) in [6.07, 6.45) is 3.52. The van der Waals surface area contributed by atoms with Crippen LogP contribution in [0.5, 0.6) is 5.75 Å². The minimum absolute atomic E-state index is 0.162. The van der Waals surface area contributed by atoms with Gasteiger partial charge in [0.25, 0.3) is 0 Å². The molecule has 0 spiro atoms. The predicted octanol–water partition coefficient (Wildman–Crippen LogP) is 2.45. The summed E-state index contributed by atoms with van der Waals surface area (Å²) in [5, 5.41) is 10.9. The molecule has 8 nitrogen and oxygen atoms in total. The molecule has 0 aliphatic heterocycles. The molecule has 0 saturated carbocycles. The Balaban J connectivity index is 1.98. The fraction of sp³-hybridized carbons (Fsp3) is 0.400. The molecule has 0 bridgehead atoms. The Bertz CT molecular complexity index is 854. The van der Waals surface area contributed by atoms with Crippen molar-refractivity contribution >= 4 is 49.8 Å². The predicted molar refractivity (Wildman–Crippen MR) is 105 cm³/mol. The number of para-hydroxylation sites is 2. The van der Waals surface area contributed by atoms with Gasteiger partial charge < -0.3 is 10.1 Å². The van der Waals surface area contributed by atoms with Crippen molar-refractivity contribution in [2.24, 2.45) is 0 Å². The first-order chi connectivity index (χ1) is 12.3. The Hall–Kier alpha value is -1.85. The first-order valence-electron chi connectivity index (χ1n) is 7.63. The molecule has 2 rings (SSSR count). The third-order valence-corrected chi connectivity index (χ3v) is 6.34. The molecule has 142 valence electrons. The number of nitrogens with zero attached hydrogens (tertiary/aromatic N) is 3. The molecule has 26 heavy (non-hydrogen) atoms. The second kappa shape index (κ2) is 9.19. The van der Waals surface area contributed by atoms with Crippen molar-refractivity contribution in [3.05, 3.63) is 24.3 Å². The van der Waals surface area contributed by atoms with Crippen LogP contribution in [0.25, 0.3) is 0 Å². The molecule has 0 fully saturated rings. The van der Waals surface area contributed by atoms with Crippen LogP contribution in [0.1, 0.15) is 12.8 Å². The van der Waals surface area contributed by atoms with Crippen molar-refractivity contribution in [2.75, 3.05) is 35.8 Å². The molecule has 1 amide bonds. The summed E-state index contributed by atoms with van der Waals surface area (Å²) in [6.45, 7) is 0.165. The van der Waals surface area contributed by atoms with Crippen LogP contribution in [0, 0.1) is 0 Å². The fourth-order valence-corrected chi connectivity index (χ4v) is 4.36. The number of ether oxygens (including phenoxy) is 1. The van der Waals surface area contributed by atoms with Gasteiger partial charge in [0.1, 0.15) is 5.75 Å². The van der Waals surface area contributed by atoms with Gasteiger partial charge in [0, 0.05) is 13.0 Å². The van der Waals surface area contributed by atoms with Gasteiger partial charge in [-0.05, 0) is 24.8 Å². The van der Waals surface area contributed by atoms with Gasteiger partial charge in [0.05, 0.1) is 19.1 Å². The Labute approximate surface area is 161 Å². The fourth-order valence-electron chi connectivity index (χ4n) is 2.21. The summed E-state index contributed by atoms with van der Waals surface area (Å²) in [5.41, 5.74) is 0.451. The average molecular weight is 417 g/mol. The second-order valence-corrected chi connectivity index (χ2v) is 9.17. The minimum Gasteiger partial charge on any atom is -0.495 e. The van der Waals surface area contributed by atoms with E-state index in [1.807, 2.05) is 6.26 Å². The monoisotopic (exact) mass is 416 g/mol. The Morgan fingerprint density at radius 1 is 1.35 bits per heavy atom. The quantitative estimate of drug-likeness (QED) is 0.495. The highest BCUT2D eigenvalue weighted by Crippen LogP contribution is 2.29. The lowest BCUT2D eigenvalue weighted by atomic mass is 10.2. The highest BCUT2D eigenvalue weighted by atomic mass is 32.2. The molecule has 1 aromatic heterocycles. The van der Waals surface area contributed by atoms with Crippen molar-refractivity contribution in [3.63, 3.8) is 0 Å². The lowest BCUT2D eigenvalue weighted by molar-refractivity contribution is -0.116. The van der Waals surface area contributed by atoms with E-state index in [1.54, 1.807) is 24.3 Å². The standard InChI is InChI=1S/C15H20N4O4S3/c1-23-12-8-5-4-7-11(12)19(26(3,21)22)10-6-9-13(20)16-14-17-18-15(24-2)25-14/h4-5,7-8H,6,9-10H2,1-3H3,(H,16,17,20). The van der Waals surface area contributed by atoms with E-state index in [4.69, 9.17) is 4.74 Å². The highest BCUT2D eigenvalue weighted by Gasteiger charge is 2.21. The molecular formula is C15H20N4O4S3. The average Bonchev–Trinajstić information content (AvgIpc) is 3.05. The first-order valence-corrected chi connectivity index (χ1v) is 11.5. The van der Waals surface area contributed by atoms with Crippen molar-refractivity contribution in [1.29, 1.82) is 0 Å². The van der Waals surface area contributed by atoms with Crippen LogP contribution in [0.15, 0.2) is 28.6 Å². The van der Waals surface area contributed by atoms with Crippen LogP contribution in [-0.2, 0) is 14.8 Å². The Morgan fingerprint density at radius 2 is 2.08 bits per heavy atom. The number of hydrogen-bond acceptors (Lipinski definition) is 8. The lowest BCUT2D eigenvalue weighted by Crippen LogP contribution is -2.31. The summed E-state index contributed by atoms with van der Waals surface area (Å²) in [5.74, 6) is 0.225. The zero-order valence-electron chi connectivity index (χ0n) is 14.6. The molecule has 0 aliphatic rings. The van der Waals surface area contributed by atoms with Gasteiger partial charge in [-0.3, -0.25) is 9.10 Å². The Kier molecular flexibility index (Phi) is 7.23. The SMILES string of the molecule is COc1ccccc1N(CCCC(=O)Nc1nnc(SC)s1)S(C)(=O)=O. The van der Waals surface area contributed by atoms with E-state index in [2.05, 4.69) is 15.5 Å². The minimum atomic E-state index is -3.51. The number of amides is 1. The largest absolute Gasteiger partial charge is 0.495 e. The maximum atomic E-state index is 12.2. The summed E-state index contributed by atoms with van der Waals surface area (Å²) < 4.78 is 31.6. The molecule has 0 saturated heterocycles. The number of aromatic nitrogens is 2. The summed E-state index contributed by atoms with van der Waals surface area (Å²) in [4.78, 5) is 12.0. The topological polar surface area (TPSA) is 101 Å². The zero-order valence-corrected chi connectivity index (χ0v) is 17.1. The van der Waals surface area contributed by atoms with E-state index >= 15 is 0 Å². The molecule has 2 aromatic rings. The van der Waals surface area contributed by atoms with Crippen molar-refractivity contribution < 1.29 is 17.9 Å². The van der Waals surface area contributed by atoms with Gasteiger partial charge in [-0.1, -0.05) is 35.2 Å². The second-order valence-electron chi connectivity index (χ2n) is 5.24. The number of rotatable bonds is 9. The summed E-state index contributed by atoms with van der Waals surface area (Å²) in [6, 6.07) is 6.87. The van der Waals surface area contributed by atoms with Crippen molar-refractivity contribution in [2.45, 2.75) is 17.2 Å². The number of carbonyl (C=O) groups is 1. The number of nitrogens with one attached hydrogen (secondary N) is 1. The van der Waals surface area contributed by atoms with Crippen LogP contribution in [0.2, 0.25) is 0 Å². The van der Waals surface area contributed by atoms with Crippen LogP contribution in [0.4, 0.5) is 10.8 Å². The number of benzene rings is 1. The molecule has 0 radical (unpaired) electrons. The molecule has 1 N–H and O–H groups in total. The third-order valence-electron chi connectivity index (χ3n) is 3.35. The molecular weight excluding hydrogens is 396 g/mol. The smallest absolute Gasteiger partial charge is 0.232 e. The number of carbonyl (C=O) groups excluding carboxylic acids is 1. The normalized spacial score (nSPS) is 11.2. The van der Waals surface area contributed by atoms with Gasteiger partial charge in [-0.15, -0.1) is 10.2 Å². The highest BCUT2D eigenvalue weighted by molar-refractivity contribution is 8.00. The van der Waals surface area contributed by atoms with Crippen LogP contribution >= 0.6 is 23.1 Å². The van der Waals surface area contributed by atoms with E-state index in [1.165, 1.54) is 34.5 Å². The molecule has 0 atom stereocenters. The lowest BCUT2D eigenvalue weighted by Gasteiger charge is -2.24. The maximum absolute atomic E-state index is 12.2. The zero-order chi connectivity index (χ0) is 19.2. The molecule has 0 unspecified atom stereocenters. The Morgan fingerprint density at radius 3 is 2.69 bits per heavy atom. The van der Waals surface area contributed by atoms with Gasteiger partial charge in [-0.25, -0.2) is 8.42 Å². The van der Waals surface area contributed by atoms with E-state index < -0.39 is 10.0 Å². The van der Waals surface area contributed by atoms with E-state index in [0.29, 0.717) is 23.0 Å². The maximum Gasteiger partial charge on any atom is 0.232 e. The van der Waals surface area contributed by atoms with E-state index in [0.717, 1.165) is 10.6 Å². The molecule has 0 aliphatic carbocycles.